The van der Waals surface area contributed by atoms with Crippen LogP contribution in [0.2, 0.25) is 0 Å². The van der Waals surface area contributed by atoms with E-state index >= 15 is 0 Å². The van der Waals surface area contributed by atoms with Crippen molar-refractivity contribution >= 4 is 15.9 Å². The topological polar surface area (TPSA) is 51.0 Å². The van der Waals surface area contributed by atoms with Gasteiger partial charge in [-0.05, 0) is 63.0 Å². The number of aryl methyl sites for hydroxylation is 2. The number of halogens is 1. The maximum Gasteiger partial charge on any atom is 0.230 e. The molecule has 1 aromatic heterocycles. The van der Waals surface area contributed by atoms with Crippen LogP contribution in [0, 0.1) is 13.8 Å². The van der Waals surface area contributed by atoms with E-state index in [2.05, 4.69) is 57.4 Å². The molecule has 3 rings (SSSR count). The summed E-state index contributed by atoms with van der Waals surface area (Å²) in [7, 11) is 0. The Morgan fingerprint density at radius 3 is 2.50 bits per heavy atom. The molecular weight excluding hydrogens is 318 g/mol. The van der Waals surface area contributed by atoms with Crippen molar-refractivity contribution < 1.29 is 4.52 Å². The second-order valence-electron chi connectivity index (χ2n) is 5.40. The molecule has 106 valence electrons. The molecule has 1 fully saturated rings. The van der Waals surface area contributed by atoms with Crippen LogP contribution in [0.3, 0.4) is 0 Å². The molecule has 0 unspecified atom stereocenters. The molecule has 1 aliphatic heterocycles. The lowest BCUT2D eigenvalue weighted by Crippen LogP contribution is -2.26. The average molecular weight is 336 g/mol. The number of piperidine rings is 1. The zero-order valence-corrected chi connectivity index (χ0v) is 13.3. The van der Waals surface area contributed by atoms with Crippen LogP contribution in [0.15, 0.2) is 21.1 Å². The molecule has 1 saturated heterocycles. The third-order valence-corrected chi connectivity index (χ3v) is 5.08. The van der Waals surface area contributed by atoms with Crippen LogP contribution in [0.4, 0.5) is 0 Å². The fourth-order valence-corrected chi connectivity index (χ4v) is 2.89. The predicted molar refractivity (Wildman–Crippen MR) is 81.8 cm³/mol. The molecule has 0 radical (unpaired) electrons. The van der Waals surface area contributed by atoms with Gasteiger partial charge in [0.15, 0.2) is 0 Å². The van der Waals surface area contributed by atoms with Crippen molar-refractivity contribution in [2.45, 2.75) is 32.6 Å². The Kier molecular flexibility index (Phi) is 3.89. The molecule has 1 N–H and O–H groups in total. The lowest BCUT2D eigenvalue weighted by molar-refractivity contribution is 0.320. The minimum absolute atomic E-state index is 0.398. The largest absolute Gasteiger partial charge is 0.339 e. The lowest BCUT2D eigenvalue weighted by Gasteiger charge is -2.18. The van der Waals surface area contributed by atoms with Crippen molar-refractivity contribution in [1.82, 2.24) is 15.5 Å². The Morgan fingerprint density at radius 2 is 1.85 bits per heavy atom. The molecule has 1 aliphatic rings. The molecule has 5 heteroatoms. The van der Waals surface area contributed by atoms with Crippen LogP contribution in [-0.4, -0.2) is 23.2 Å². The molecule has 0 atom stereocenters. The molecule has 0 aliphatic carbocycles. The van der Waals surface area contributed by atoms with Gasteiger partial charge in [0.1, 0.15) is 0 Å². The highest BCUT2D eigenvalue weighted by atomic mass is 79.9. The maximum absolute atomic E-state index is 5.47. The molecule has 1 aromatic carbocycles. The average Bonchev–Trinajstić information content (AvgIpc) is 2.95. The van der Waals surface area contributed by atoms with Crippen LogP contribution in [-0.2, 0) is 0 Å². The van der Waals surface area contributed by atoms with Crippen molar-refractivity contribution in [2.75, 3.05) is 13.1 Å². The number of nitrogens with one attached hydrogen (secondary N) is 1. The Morgan fingerprint density at radius 1 is 1.20 bits per heavy atom. The van der Waals surface area contributed by atoms with Gasteiger partial charge in [-0.3, -0.25) is 0 Å². The highest BCUT2D eigenvalue weighted by Crippen LogP contribution is 2.29. The second kappa shape index (κ2) is 5.66. The van der Waals surface area contributed by atoms with Gasteiger partial charge < -0.3 is 9.84 Å². The van der Waals surface area contributed by atoms with Gasteiger partial charge in [-0.2, -0.15) is 4.98 Å². The highest BCUT2D eigenvalue weighted by Gasteiger charge is 2.22. The molecule has 2 aromatic rings. The van der Waals surface area contributed by atoms with Gasteiger partial charge in [-0.1, -0.05) is 21.1 Å². The molecule has 4 nitrogen and oxygen atoms in total. The summed E-state index contributed by atoms with van der Waals surface area (Å²) in [4.78, 5) is 4.60. The first-order valence-electron chi connectivity index (χ1n) is 6.96. The van der Waals surface area contributed by atoms with E-state index in [0.29, 0.717) is 11.7 Å². The number of rotatable bonds is 2. The van der Waals surface area contributed by atoms with E-state index in [9.17, 15) is 0 Å². The van der Waals surface area contributed by atoms with E-state index < -0.39 is 0 Å². The molecular formula is C15H18BrN3O. The Bertz CT molecular complexity index is 594. The Hall–Kier alpha value is -1.20. The van der Waals surface area contributed by atoms with E-state index in [1.165, 1.54) is 11.1 Å². The minimum atomic E-state index is 0.398. The molecule has 0 amide bonds. The quantitative estimate of drug-likeness (QED) is 0.911. The predicted octanol–water partition coefficient (Wildman–Crippen LogP) is 3.58. The summed E-state index contributed by atoms with van der Waals surface area (Å²) in [6.45, 7) is 6.21. The number of hydrogen-bond acceptors (Lipinski definition) is 4. The third kappa shape index (κ3) is 2.65. The zero-order chi connectivity index (χ0) is 14.1. The van der Waals surface area contributed by atoms with Crippen molar-refractivity contribution in [2.24, 2.45) is 0 Å². The summed E-state index contributed by atoms with van der Waals surface area (Å²) in [5.74, 6) is 1.87. The summed E-state index contributed by atoms with van der Waals surface area (Å²) in [5, 5.41) is 7.50. The van der Waals surface area contributed by atoms with Gasteiger partial charge >= 0.3 is 0 Å². The Balaban J connectivity index is 1.89. The first kappa shape index (κ1) is 13.8. The summed E-state index contributed by atoms with van der Waals surface area (Å²) in [6.07, 6.45) is 2.14. The fraction of sp³-hybridized carbons (Fsp3) is 0.467. The van der Waals surface area contributed by atoms with Crippen molar-refractivity contribution in [3.8, 4) is 11.4 Å². The third-order valence-electron chi connectivity index (χ3n) is 3.82. The van der Waals surface area contributed by atoms with Gasteiger partial charge in [0.2, 0.25) is 11.7 Å². The van der Waals surface area contributed by atoms with E-state index in [-0.39, 0.29) is 0 Å². The number of aromatic nitrogens is 2. The number of benzene rings is 1. The van der Waals surface area contributed by atoms with Crippen LogP contribution in [0.1, 0.15) is 35.8 Å². The van der Waals surface area contributed by atoms with E-state index in [4.69, 9.17) is 4.52 Å². The van der Waals surface area contributed by atoms with Gasteiger partial charge in [-0.25, -0.2) is 0 Å². The molecule has 0 spiro atoms. The lowest BCUT2D eigenvalue weighted by atomic mass is 9.98. The Labute approximate surface area is 127 Å². The number of nitrogens with zero attached hydrogens (tertiary/aromatic N) is 2. The summed E-state index contributed by atoms with van der Waals surface area (Å²) in [5.41, 5.74) is 3.40. The normalized spacial score (nSPS) is 16.6. The van der Waals surface area contributed by atoms with Crippen LogP contribution >= 0.6 is 15.9 Å². The van der Waals surface area contributed by atoms with E-state index in [1.807, 2.05) is 0 Å². The highest BCUT2D eigenvalue weighted by molar-refractivity contribution is 9.10. The van der Waals surface area contributed by atoms with Gasteiger partial charge in [0.05, 0.1) is 0 Å². The smallest absolute Gasteiger partial charge is 0.230 e. The number of hydrogen-bond donors (Lipinski definition) is 1. The van der Waals surface area contributed by atoms with Gasteiger partial charge in [-0.15, -0.1) is 0 Å². The van der Waals surface area contributed by atoms with Crippen LogP contribution < -0.4 is 5.32 Å². The van der Waals surface area contributed by atoms with Crippen LogP contribution in [0.5, 0.6) is 0 Å². The monoisotopic (exact) mass is 335 g/mol. The van der Waals surface area contributed by atoms with E-state index in [0.717, 1.165) is 41.9 Å². The summed E-state index contributed by atoms with van der Waals surface area (Å²) < 4.78 is 6.61. The van der Waals surface area contributed by atoms with Crippen molar-refractivity contribution in [1.29, 1.82) is 0 Å². The first-order chi connectivity index (χ1) is 9.65. The van der Waals surface area contributed by atoms with Crippen LogP contribution in [0.25, 0.3) is 11.4 Å². The first-order valence-corrected chi connectivity index (χ1v) is 7.76. The fourth-order valence-electron chi connectivity index (χ4n) is 2.66. The second-order valence-corrected chi connectivity index (χ2v) is 6.20. The van der Waals surface area contributed by atoms with Gasteiger partial charge in [0, 0.05) is 16.0 Å². The molecule has 20 heavy (non-hydrogen) atoms. The molecule has 0 bridgehead atoms. The SMILES string of the molecule is Cc1cc(-c2noc(C3CCNCC3)n2)cc(C)c1Br. The van der Waals surface area contributed by atoms with Crippen molar-refractivity contribution in [3.63, 3.8) is 0 Å². The summed E-state index contributed by atoms with van der Waals surface area (Å²) >= 11 is 3.58. The summed E-state index contributed by atoms with van der Waals surface area (Å²) in [6, 6.07) is 4.18. The minimum Gasteiger partial charge on any atom is -0.339 e. The standard InChI is InChI=1S/C15H18BrN3O/c1-9-7-12(8-10(2)13(9)16)14-18-15(20-19-14)11-3-5-17-6-4-11/h7-8,11,17H,3-6H2,1-2H3. The molecule has 2 heterocycles. The van der Waals surface area contributed by atoms with E-state index in [1.54, 1.807) is 0 Å². The van der Waals surface area contributed by atoms with Crippen molar-refractivity contribution in [3.05, 3.63) is 33.6 Å². The zero-order valence-electron chi connectivity index (χ0n) is 11.7. The molecule has 0 saturated carbocycles. The maximum atomic E-state index is 5.47. The van der Waals surface area contributed by atoms with Gasteiger partial charge in [0.25, 0.3) is 0 Å².